The molecule has 1 aromatic rings. The van der Waals surface area contributed by atoms with E-state index in [0.717, 1.165) is 37.4 Å². The lowest BCUT2D eigenvalue weighted by Gasteiger charge is -2.32. The second-order valence-electron chi connectivity index (χ2n) is 6.57. The monoisotopic (exact) mass is 287 g/mol. The number of hydrogen-bond acceptors (Lipinski definition) is 3. The van der Waals surface area contributed by atoms with Crippen LogP contribution in [0.3, 0.4) is 0 Å². The van der Waals surface area contributed by atoms with Crippen LogP contribution in [0.15, 0.2) is 18.2 Å². The molecule has 0 radical (unpaired) electrons. The van der Waals surface area contributed by atoms with Crippen molar-refractivity contribution >= 4 is 11.6 Å². The average molecular weight is 287 g/mol. The van der Waals surface area contributed by atoms with E-state index in [0.29, 0.717) is 17.3 Å². The lowest BCUT2D eigenvalue weighted by atomic mass is 10.0. The molecule has 2 aliphatic rings. The van der Waals surface area contributed by atoms with Crippen LogP contribution >= 0.6 is 0 Å². The van der Waals surface area contributed by atoms with Gasteiger partial charge in [-0.15, -0.1) is 0 Å². The molecule has 1 saturated heterocycles. The van der Waals surface area contributed by atoms with Crippen LogP contribution < -0.4 is 11.1 Å². The van der Waals surface area contributed by atoms with E-state index in [4.69, 9.17) is 5.73 Å². The summed E-state index contributed by atoms with van der Waals surface area (Å²) in [4.78, 5) is 14.9. The number of piperidine rings is 1. The topological polar surface area (TPSA) is 58.4 Å². The highest BCUT2D eigenvalue weighted by Gasteiger charge is 2.27. The molecule has 0 atom stereocenters. The van der Waals surface area contributed by atoms with Crippen LogP contribution in [0.4, 0.5) is 5.69 Å². The van der Waals surface area contributed by atoms with Crippen LogP contribution in [0.25, 0.3) is 0 Å². The van der Waals surface area contributed by atoms with Crippen LogP contribution in [-0.2, 0) is 0 Å². The molecule has 0 spiro atoms. The fourth-order valence-corrected chi connectivity index (χ4v) is 3.07. The number of rotatable bonds is 4. The van der Waals surface area contributed by atoms with Crippen LogP contribution in [0.2, 0.25) is 0 Å². The van der Waals surface area contributed by atoms with Gasteiger partial charge in [-0.3, -0.25) is 4.79 Å². The number of nitrogens with two attached hydrogens (primary N) is 1. The Hall–Kier alpha value is -1.55. The van der Waals surface area contributed by atoms with E-state index in [1.54, 1.807) is 6.07 Å². The third-order valence-corrected chi connectivity index (χ3v) is 4.64. The normalized spacial score (nSPS) is 20.4. The largest absolute Gasteiger partial charge is 0.399 e. The molecule has 4 nitrogen and oxygen atoms in total. The van der Waals surface area contributed by atoms with E-state index < -0.39 is 0 Å². The number of nitrogens with one attached hydrogen (secondary N) is 1. The molecule has 1 saturated carbocycles. The molecular weight excluding hydrogens is 262 g/mol. The molecule has 1 heterocycles. The van der Waals surface area contributed by atoms with Crippen LogP contribution in [0.5, 0.6) is 0 Å². The highest BCUT2D eigenvalue weighted by Crippen LogP contribution is 2.30. The zero-order valence-electron chi connectivity index (χ0n) is 12.8. The van der Waals surface area contributed by atoms with Crippen molar-refractivity contribution < 1.29 is 4.79 Å². The molecule has 1 amide bonds. The standard InChI is InChI=1S/C17H25N3O/c1-12-2-5-14(18)10-16(12)17(21)19-15-6-8-20(9-7-15)11-13-3-4-13/h2,5,10,13,15H,3-4,6-9,11,18H2,1H3,(H,19,21). The van der Waals surface area contributed by atoms with Gasteiger partial charge in [0.1, 0.15) is 0 Å². The van der Waals surface area contributed by atoms with Gasteiger partial charge in [-0.2, -0.15) is 0 Å². The van der Waals surface area contributed by atoms with E-state index in [9.17, 15) is 4.79 Å². The first kappa shape index (κ1) is 14.4. The second kappa shape index (κ2) is 6.06. The van der Waals surface area contributed by atoms with Crippen molar-refractivity contribution in [2.75, 3.05) is 25.4 Å². The minimum Gasteiger partial charge on any atom is -0.399 e. The van der Waals surface area contributed by atoms with Gasteiger partial charge in [0.2, 0.25) is 0 Å². The maximum Gasteiger partial charge on any atom is 0.251 e. The molecular formula is C17H25N3O. The van der Waals surface area contributed by atoms with E-state index in [-0.39, 0.29) is 5.91 Å². The molecule has 3 rings (SSSR count). The van der Waals surface area contributed by atoms with Gasteiger partial charge < -0.3 is 16.0 Å². The smallest absolute Gasteiger partial charge is 0.251 e. The molecule has 3 N–H and O–H groups in total. The zero-order chi connectivity index (χ0) is 14.8. The fraction of sp³-hybridized carbons (Fsp3) is 0.588. The van der Waals surface area contributed by atoms with E-state index in [2.05, 4.69) is 10.2 Å². The van der Waals surface area contributed by atoms with Crippen molar-refractivity contribution in [3.05, 3.63) is 29.3 Å². The molecule has 0 unspecified atom stereocenters. The maximum absolute atomic E-state index is 12.4. The molecule has 21 heavy (non-hydrogen) atoms. The number of amides is 1. The number of aryl methyl sites for hydroxylation is 1. The highest BCUT2D eigenvalue weighted by atomic mass is 16.1. The Kier molecular flexibility index (Phi) is 4.15. The number of nitrogen functional groups attached to an aromatic ring is 1. The van der Waals surface area contributed by atoms with Gasteiger partial charge in [-0.25, -0.2) is 0 Å². The van der Waals surface area contributed by atoms with Crippen molar-refractivity contribution in [1.82, 2.24) is 10.2 Å². The Bertz CT molecular complexity index is 517. The summed E-state index contributed by atoms with van der Waals surface area (Å²) in [7, 11) is 0. The first-order valence-electron chi connectivity index (χ1n) is 8.01. The Morgan fingerprint density at radius 2 is 2.00 bits per heavy atom. The molecule has 2 fully saturated rings. The van der Waals surface area contributed by atoms with Gasteiger partial charge in [-0.1, -0.05) is 6.07 Å². The number of carbonyl (C=O) groups excluding carboxylic acids is 1. The Labute approximate surface area is 126 Å². The fourth-order valence-electron chi connectivity index (χ4n) is 3.07. The van der Waals surface area contributed by atoms with Crippen molar-refractivity contribution in [2.24, 2.45) is 5.92 Å². The summed E-state index contributed by atoms with van der Waals surface area (Å²) in [6.45, 7) is 5.43. The number of anilines is 1. The van der Waals surface area contributed by atoms with Crippen molar-refractivity contribution in [3.8, 4) is 0 Å². The Balaban J connectivity index is 1.52. The summed E-state index contributed by atoms with van der Waals surface area (Å²) in [6, 6.07) is 5.81. The van der Waals surface area contributed by atoms with Crippen molar-refractivity contribution in [1.29, 1.82) is 0 Å². The molecule has 0 aromatic heterocycles. The predicted molar refractivity (Wildman–Crippen MR) is 85.2 cm³/mol. The lowest BCUT2D eigenvalue weighted by molar-refractivity contribution is 0.0909. The SMILES string of the molecule is Cc1ccc(N)cc1C(=O)NC1CCN(CC2CC2)CC1. The molecule has 4 heteroatoms. The molecule has 114 valence electrons. The third-order valence-electron chi connectivity index (χ3n) is 4.64. The first-order chi connectivity index (χ1) is 10.1. The number of nitrogens with zero attached hydrogens (tertiary/aromatic N) is 1. The Morgan fingerprint density at radius 3 is 2.67 bits per heavy atom. The van der Waals surface area contributed by atoms with E-state index in [1.165, 1.54) is 19.4 Å². The lowest BCUT2D eigenvalue weighted by Crippen LogP contribution is -2.45. The summed E-state index contributed by atoms with van der Waals surface area (Å²) in [6.07, 6.45) is 4.93. The van der Waals surface area contributed by atoms with Crippen molar-refractivity contribution in [3.63, 3.8) is 0 Å². The van der Waals surface area contributed by atoms with Crippen LogP contribution in [0, 0.1) is 12.8 Å². The van der Waals surface area contributed by atoms with Gasteiger partial charge >= 0.3 is 0 Å². The third kappa shape index (κ3) is 3.76. The second-order valence-corrected chi connectivity index (χ2v) is 6.57. The summed E-state index contributed by atoms with van der Waals surface area (Å²) in [5.74, 6) is 0.964. The van der Waals surface area contributed by atoms with Gasteiger partial charge in [0.25, 0.3) is 5.91 Å². The molecule has 1 aliphatic heterocycles. The summed E-state index contributed by atoms with van der Waals surface area (Å²) < 4.78 is 0. The number of benzene rings is 1. The van der Waals surface area contributed by atoms with Crippen LogP contribution in [0.1, 0.15) is 41.6 Å². The average Bonchev–Trinajstić information content (AvgIpc) is 3.27. The quantitative estimate of drug-likeness (QED) is 0.835. The number of likely N-dealkylation sites (tertiary alicyclic amines) is 1. The van der Waals surface area contributed by atoms with Crippen LogP contribution in [-0.4, -0.2) is 36.5 Å². The van der Waals surface area contributed by atoms with Gasteiger partial charge in [-0.05, 0) is 56.2 Å². The highest BCUT2D eigenvalue weighted by molar-refractivity contribution is 5.96. The summed E-state index contributed by atoms with van der Waals surface area (Å²) in [5, 5.41) is 3.17. The van der Waals surface area contributed by atoms with E-state index in [1.807, 2.05) is 19.1 Å². The number of hydrogen-bond donors (Lipinski definition) is 2. The summed E-state index contributed by atoms with van der Waals surface area (Å²) in [5.41, 5.74) is 8.11. The zero-order valence-corrected chi connectivity index (χ0v) is 12.8. The summed E-state index contributed by atoms with van der Waals surface area (Å²) >= 11 is 0. The molecule has 1 aliphatic carbocycles. The van der Waals surface area contributed by atoms with E-state index >= 15 is 0 Å². The van der Waals surface area contributed by atoms with Gasteiger partial charge in [0.15, 0.2) is 0 Å². The Morgan fingerprint density at radius 1 is 1.29 bits per heavy atom. The van der Waals surface area contributed by atoms with Gasteiger partial charge in [0.05, 0.1) is 0 Å². The van der Waals surface area contributed by atoms with Crippen molar-refractivity contribution in [2.45, 2.75) is 38.6 Å². The number of carbonyl (C=O) groups is 1. The molecule has 1 aromatic carbocycles. The minimum atomic E-state index is 0.0143. The first-order valence-corrected chi connectivity index (χ1v) is 8.01. The maximum atomic E-state index is 12.4. The molecule has 0 bridgehead atoms. The van der Waals surface area contributed by atoms with Gasteiger partial charge in [0, 0.05) is 36.9 Å². The predicted octanol–water partition coefficient (Wildman–Crippen LogP) is 2.18. The minimum absolute atomic E-state index is 0.0143.